The molecule has 29 heavy (non-hydrogen) atoms. The van der Waals surface area contributed by atoms with Gasteiger partial charge in [0.25, 0.3) is 5.91 Å². The molecule has 0 saturated carbocycles. The molecule has 0 aliphatic heterocycles. The van der Waals surface area contributed by atoms with Gasteiger partial charge in [0.05, 0.1) is 6.61 Å². The van der Waals surface area contributed by atoms with Crippen LogP contribution >= 0.6 is 0 Å². The molecule has 0 bridgehead atoms. The van der Waals surface area contributed by atoms with Gasteiger partial charge in [0.15, 0.2) is 0 Å². The molecular weight excluding hydrogens is 366 g/mol. The lowest BCUT2D eigenvalue weighted by Crippen LogP contribution is -2.47. The van der Waals surface area contributed by atoms with Gasteiger partial charge in [-0.25, -0.2) is 0 Å². The number of benzene rings is 2. The number of carbonyl (C=O) groups is 2. The number of hydrogen-bond acceptors (Lipinski definition) is 4. The summed E-state index contributed by atoms with van der Waals surface area (Å²) in [7, 11) is 3.94. The van der Waals surface area contributed by atoms with Gasteiger partial charge in [0.2, 0.25) is 5.91 Å². The van der Waals surface area contributed by atoms with Gasteiger partial charge < -0.3 is 20.3 Å². The van der Waals surface area contributed by atoms with Gasteiger partial charge in [0.1, 0.15) is 11.8 Å². The Morgan fingerprint density at radius 2 is 1.72 bits per heavy atom. The number of rotatable bonds is 8. The van der Waals surface area contributed by atoms with Gasteiger partial charge in [0, 0.05) is 31.0 Å². The lowest BCUT2D eigenvalue weighted by molar-refractivity contribution is -0.118. The molecule has 0 aromatic heterocycles. The van der Waals surface area contributed by atoms with E-state index in [0.717, 1.165) is 16.9 Å². The topological polar surface area (TPSA) is 70.7 Å². The molecule has 1 unspecified atom stereocenters. The SMILES string of the molecule is CCOc1ccc(C(=O)NC(C(=O)Nc2ccc(N(C)C)cc2C)C(C)C)cc1. The molecule has 2 aromatic rings. The molecule has 6 heteroatoms. The van der Waals surface area contributed by atoms with E-state index in [-0.39, 0.29) is 17.7 Å². The summed E-state index contributed by atoms with van der Waals surface area (Å²) in [5.74, 6) is 0.114. The second-order valence-electron chi connectivity index (χ2n) is 7.54. The Hall–Kier alpha value is -3.02. The minimum Gasteiger partial charge on any atom is -0.494 e. The Labute approximate surface area is 173 Å². The van der Waals surface area contributed by atoms with Crippen LogP contribution in [0.15, 0.2) is 42.5 Å². The summed E-state index contributed by atoms with van der Waals surface area (Å²) in [6.45, 7) is 8.24. The lowest BCUT2D eigenvalue weighted by Gasteiger charge is -2.23. The summed E-state index contributed by atoms with van der Waals surface area (Å²) < 4.78 is 5.40. The Bertz CT molecular complexity index is 845. The standard InChI is InChI=1S/C23H31N3O3/c1-7-29-19-11-8-17(9-12-19)22(27)25-21(15(2)3)23(28)24-20-13-10-18(26(5)6)14-16(20)4/h8-15,21H,7H2,1-6H3,(H,24,28)(H,25,27). The third kappa shape index (κ3) is 5.98. The van der Waals surface area contributed by atoms with Crippen molar-refractivity contribution in [2.45, 2.75) is 33.7 Å². The first-order valence-electron chi connectivity index (χ1n) is 9.85. The van der Waals surface area contributed by atoms with Crippen molar-refractivity contribution in [3.8, 4) is 5.75 Å². The Kier molecular flexibility index (Phi) is 7.65. The highest BCUT2D eigenvalue weighted by Crippen LogP contribution is 2.22. The van der Waals surface area contributed by atoms with Crippen LogP contribution in [0, 0.1) is 12.8 Å². The third-order valence-electron chi connectivity index (χ3n) is 4.65. The molecule has 2 N–H and O–H groups in total. The summed E-state index contributed by atoms with van der Waals surface area (Å²) in [6.07, 6.45) is 0. The average molecular weight is 398 g/mol. The van der Waals surface area contributed by atoms with E-state index in [9.17, 15) is 9.59 Å². The smallest absolute Gasteiger partial charge is 0.251 e. The maximum Gasteiger partial charge on any atom is 0.251 e. The highest BCUT2D eigenvalue weighted by atomic mass is 16.5. The first-order chi connectivity index (χ1) is 13.7. The van der Waals surface area contributed by atoms with Crippen molar-refractivity contribution in [3.63, 3.8) is 0 Å². The van der Waals surface area contributed by atoms with Crippen LogP contribution in [0.5, 0.6) is 5.75 Å². The van der Waals surface area contributed by atoms with Crippen LogP contribution < -0.4 is 20.3 Å². The number of ether oxygens (including phenoxy) is 1. The first-order valence-corrected chi connectivity index (χ1v) is 9.85. The molecule has 0 spiro atoms. The monoisotopic (exact) mass is 397 g/mol. The maximum absolute atomic E-state index is 12.9. The van der Waals surface area contributed by atoms with E-state index in [0.29, 0.717) is 17.9 Å². The van der Waals surface area contributed by atoms with Crippen molar-refractivity contribution in [2.75, 3.05) is 30.9 Å². The molecule has 2 aromatic carbocycles. The quantitative estimate of drug-likeness (QED) is 0.710. The van der Waals surface area contributed by atoms with Crippen molar-refractivity contribution in [1.82, 2.24) is 5.32 Å². The van der Waals surface area contributed by atoms with Gasteiger partial charge in [-0.15, -0.1) is 0 Å². The Balaban J connectivity index is 2.10. The molecule has 6 nitrogen and oxygen atoms in total. The molecular formula is C23H31N3O3. The molecule has 1 atom stereocenters. The second kappa shape index (κ2) is 9.96. The van der Waals surface area contributed by atoms with Gasteiger partial charge in [-0.3, -0.25) is 9.59 Å². The first kappa shape index (κ1) is 22.3. The predicted octanol–water partition coefficient (Wildman–Crippen LogP) is 3.85. The van der Waals surface area contributed by atoms with Crippen molar-refractivity contribution in [1.29, 1.82) is 0 Å². The molecule has 0 aliphatic carbocycles. The normalized spacial score (nSPS) is 11.7. The molecule has 0 fully saturated rings. The molecule has 2 amide bonds. The molecule has 0 radical (unpaired) electrons. The van der Waals surface area contributed by atoms with E-state index >= 15 is 0 Å². The fraction of sp³-hybridized carbons (Fsp3) is 0.391. The minimum absolute atomic E-state index is 0.0667. The van der Waals surface area contributed by atoms with E-state index in [1.54, 1.807) is 24.3 Å². The molecule has 156 valence electrons. The summed E-state index contributed by atoms with van der Waals surface area (Å²) in [6, 6.07) is 12.1. The number of nitrogens with zero attached hydrogens (tertiary/aromatic N) is 1. The predicted molar refractivity (Wildman–Crippen MR) is 118 cm³/mol. The minimum atomic E-state index is -0.651. The number of hydrogen-bond donors (Lipinski definition) is 2. The van der Waals surface area contributed by atoms with Crippen LogP contribution in [0.25, 0.3) is 0 Å². The highest BCUT2D eigenvalue weighted by Gasteiger charge is 2.25. The fourth-order valence-electron chi connectivity index (χ4n) is 2.91. The zero-order valence-corrected chi connectivity index (χ0v) is 18.1. The summed E-state index contributed by atoms with van der Waals surface area (Å²) in [4.78, 5) is 27.5. The largest absolute Gasteiger partial charge is 0.494 e. The van der Waals surface area contributed by atoms with Gasteiger partial charge in [-0.2, -0.15) is 0 Å². The molecule has 0 aliphatic rings. The number of anilines is 2. The van der Waals surface area contributed by atoms with Crippen LogP contribution in [-0.2, 0) is 4.79 Å². The number of carbonyl (C=O) groups excluding carboxylic acids is 2. The van der Waals surface area contributed by atoms with Crippen molar-refractivity contribution in [3.05, 3.63) is 53.6 Å². The van der Waals surface area contributed by atoms with Crippen molar-refractivity contribution in [2.24, 2.45) is 5.92 Å². The van der Waals surface area contributed by atoms with Crippen LogP contribution in [0.3, 0.4) is 0 Å². The van der Waals surface area contributed by atoms with Crippen molar-refractivity contribution >= 4 is 23.2 Å². The molecule has 2 rings (SSSR count). The zero-order chi connectivity index (χ0) is 21.6. The average Bonchev–Trinajstić information content (AvgIpc) is 2.67. The van der Waals surface area contributed by atoms with E-state index in [1.165, 1.54) is 0 Å². The molecule has 0 heterocycles. The Morgan fingerprint density at radius 1 is 1.07 bits per heavy atom. The van der Waals surface area contributed by atoms with E-state index in [1.807, 2.05) is 64.9 Å². The third-order valence-corrected chi connectivity index (χ3v) is 4.65. The fourth-order valence-corrected chi connectivity index (χ4v) is 2.91. The zero-order valence-electron chi connectivity index (χ0n) is 18.1. The second-order valence-corrected chi connectivity index (χ2v) is 7.54. The van der Waals surface area contributed by atoms with Crippen LogP contribution in [0.1, 0.15) is 36.7 Å². The summed E-state index contributed by atoms with van der Waals surface area (Å²) >= 11 is 0. The number of amides is 2. The Morgan fingerprint density at radius 3 is 2.24 bits per heavy atom. The van der Waals surface area contributed by atoms with Gasteiger partial charge in [-0.1, -0.05) is 13.8 Å². The van der Waals surface area contributed by atoms with Gasteiger partial charge >= 0.3 is 0 Å². The van der Waals surface area contributed by atoms with E-state index < -0.39 is 6.04 Å². The van der Waals surface area contributed by atoms with Crippen LogP contribution in [0.2, 0.25) is 0 Å². The van der Waals surface area contributed by atoms with Crippen molar-refractivity contribution < 1.29 is 14.3 Å². The number of aryl methyl sites for hydroxylation is 1. The van der Waals surface area contributed by atoms with Gasteiger partial charge in [-0.05, 0) is 67.8 Å². The summed E-state index contributed by atoms with van der Waals surface area (Å²) in [5, 5.41) is 5.80. The van der Waals surface area contributed by atoms with Crippen LogP contribution in [-0.4, -0.2) is 38.6 Å². The highest BCUT2D eigenvalue weighted by molar-refractivity contribution is 6.01. The maximum atomic E-state index is 12.9. The lowest BCUT2D eigenvalue weighted by atomic mass is 10.0. The van der Waals surface area contributed by atoms with E-state index in [2.05, 4.69) is 10.6 Å². The van der Waals surface area contributed by atoms with E-state index in [4.69, 9.17) is 4.74 Å². The van der Waals surface area contributed by atoms with Crippen LogP contribution in [0.4, 0.5) is 11.4 Å². The molecule has 0 saturated heterocycles. The summed E-state index contributed by atoms with van der Waals surface area (Å²) in [5.41, 5.74) is 3.24. The number of nitrogens with one attached hydrogen (secondary N) is 2.